The van der Waals surface area contributed by atoms with Crippen LogP contribution in [0.2, 0.25) is 10.0 Å². The first-order valence-electron chi connectivity index (χ1n) is 8.55. The van der Waals surface area contributed by atoms with Gasteiger partial charge in [0.1, 0.15) is 6.04 Å². The Bertz CT molecular complexity index is 767. The summed E-state index contributed by atoms with van der Waals surface area (Å²) in [6.45, 7) is 1.88. The molecular formula is C20H22Cl2N2O2S. The minimum atomic E-state index is -0.628. The topological polar surface area (TPSA) is 49.4 Å². The van der Waals surface area contributed by atoms with Crippen molar-refractivity contribution in [2.24, 2.45) is 0 Å². The lowest BCUT2D eigenvalue weighted by atomic mass is 10.1. The Labute approximate surface area is 174 Å². The van der Waals surface area contributed by atoms with E-state index in [4.69, 9.17) is 23.2 Å². The van der Waals surface area contributed by atoms with Gasteiger partial charge in [-0.15, -0.1) is 11.8 Å². The van der Waals surface area contributed by atoms with Crippen LogP contribution in [0.15, 0.2) is 53.4 Å². The molecule has 1 N–H and O–H groups in total. The Balaban J connectivity index is 2.11. The normalized spacial score (nSPS) is 11.7. The van der Waals surface area contributed by atoms with E-state index in [-0.39, 0.29) is 18.4 Å². The van der Waals surface area contributed by atoms with Crippen LogP contribution in [0.1, 0.15) is 18.9 Å². The SMILES string of the molecule is CNC(=O)[C@@H](C)N(Cc1c(Cl)cccc1Cl)C(=O)CCSc1ccccc1. The molecule has 4 nitrogen and oxygen atoms in total. The number of likely N-dealkylation sites (N-methyl/N-ethyl adjacent to an activating group) is 1. The zero-order valence-electron chi connectivity index (χ0n) is 15.2. The molecule has 2 aromatic rings. The van der Waals surface area contributed by atoms with Crippen molar-refractivity contribution in [3.05, 3.63) is 64.1 Å². The van der Waals surface area contributed by atoms with E-state index in [1.807, 2.05) is 30.3 Å². The molecular weight excluding hydrogens is 403 g/mol. The summed E-state index contributed by atoms with van der Waals surface area (Å²) in [6, 6.07) is 14.5. The quantitative estimate of drug-likeness (QED) is 0.627. The molecule has 0 heterocycles. The third-order valence-corrected chi connectivity index (χ3v) is 5.85. The van der Waals surface area contributed by atoms with Crippen LogP contribution in [0.4, 0.5) is 0 Å². The van der Waals surface area contributed by atoms with Gasteiger partial charge in [-0.05, 0) is 31.2 Å². The molecule has 0 radical (unpaired) electrons. The number of thioether (sulfide) groups is 1. The largest absolute Gasteiger partial charge is 0.357 e. The number of nitrogens with one attached hydrogen (secondary N) is 1. The zero-order chi connectivity index (χ0) is 19.8. The van der Waals surface area contributed by atoms with Crippen LogP contribution in [0.3, 0.4) is 0 Å². The summed E-state index contributed by atoms with van der Waals surface area (Å²) < 4.78 is 0. The predicted octanol–water partition coefficient (Wildman–Crippen LogP) is 4.64. The number of amides is 2. The molecule has 0 aromatic heterocycles. The van der Waals surface area contributed by atoms with Crippen LogP contribution in [-0.2, 0) is 16.1 Å². The average molecular weight is 425 g/mol. The Kier molecular flexibility index (Phi) is 8.48. The van der Waals surface area contributed by atoms with Gasteiger partial charge in [0.05, 0.1) is 0 Å². The molecule has 1 atom stereocenters. The molecule has 0 aliphatic heterocycles. The Morgan fingerprint density at radius 2 is 1.70 bits per heavy atom. The van der Waals surface area contributed by atoms with Gasteiger partial charge < -0.3 is 10.2 Å². The maximum absolute atomic E-state index is 12.9. The second kappa shape index (κ2) is 10.6. The maximum atomic E-state index is 12.9. The summed E-state index contributed by atoms with van der Waals surface area (Å²) in [4.78, 5) is 27.6. The molecule has 0 spiro atoms. The summed E-state index contributed by atoms with van der Waals surface area (Å²) in [7, 11) is 1.55. The summed E-state index contributed by atoms with van der Waals surface area (Å²) in [5.41, 5.74) is 0.639. The predicted molar refractivity (Wildman–Crippen MR) is 112 cm³/mol. The smallest absolute Gasteiger partial charge is 0.242 e. The lowest BCUT2D eigenvalue weighted by Gasteiger charge is -2.29. The summed E-state index contributed by atoms with van der Waals surface area (Å²) in [5, 5.41) is 3.54. The van der Waals surface area contributed by atoms with Crippen molar-refractivity contribution in [3.63, 3.8) is 0 Å². The molecule has 0 saturated heterocycles. The van der Waals surface area contributed by atoms with Gasteiger partial charge in [0.25, 0.3) is 0 Å². The summed E-state index contributed by atoms with van der Waals surface area (Å²) in [5.74, 6) is 0.267. The van der Waals surface area contributed by atoms with Gasteiger partial charge in [-0.3, -0.25) is 9.59 Å². The van der Waals surface area contributed by atoms with Crippen molar-refractivity contribution in [2.75, 3.05) is 12.8 Å². The highest BCUT2D eigenvalue weighted by Crippen LogP contribution is 2.27. The van der Waals surface area contributed by atoms with Crippen molar-refractivity contribution in [3.8, 4) is 0 Å². The van der Waals surface area contributed by atoms with E-state index in [0.717, 1.165) is 4.90 Å². The number of hydrogen-bond acceptors (Lipinski definition) is 3. The first kappa shape index (κ1) is 21.6. The van der Waals surface area contributed by atoms with Crippen molar-refractivity contribution < 1.29 is 9.59 Å². The molecule has 144 valence electrons. The zero-order valence-corrected chi connectivity index (χ0v) is 17.6. The molecule has 2 rings (SSSR count). The molecule has 0 bridgehead atoms. The van der Waals surface area contributed by atoms with Crippen LogP contribution < -0.4 is 5.32 Å². The third kappa shape index (κ3) is 6.16. The van der Waals surface area contributed by atoms with Gasteiger partial charge >= 0.3 is 0 Å². The molecule has 7 heteroatoms. The number of hydrogen-bond donors (Lipinski definition) is 1. The molecule has 0 fully saturated rings. The van der Waals surface area contributed by atoms with Gasteiger partial charge in [0.15, 0.2) is 0 Å². The van der Waals surface area contributed by atoms with Gasteiger partial charge in [-0.1, -0.05) is 47.5 Å². The van der Waals surface area contributed by atoms with E-state index in [1.54, 1.807) is 43.9 Å². The highest BCUT2D eigenvalue weighted by atomic mass is 35.5. The number of benzene rings is 2. The minimum absolute atomic E-state index is 0.120. The fourth-order valence-corrected chi connectivity index (χ4v) is 3.94. The molecule has 27 heavy (non-hydrogen) atoms. The number of halogens is 2. The molecule has 2 aromatic carbocycles. The first-order valence-corrected chi connectivity index (χ1v) is 10.3. The number of nitrogens with zero attached hydrogens (tertiary/aromatic N) is 1. The fourth-order valence-electron chi connectivity index (χ4n) is 2.56. The lowest BCUT2D eigenvalue weighted by Crippen LogP contribution is -2.46. The van der Waals surface area contributed by atoms with Gasteiger partial charge in [0, 0.05) is 46.3 Å². The van der Waals surface area contributed by atoms with Crippen LogP contribution >= 0.6 is 35.0 Å². The van der Waals surface area contributed by atoms with Crippen molar-refractivity contribution in [2.45, 2.75) is 30.8 Å². The van der Waals surface area contributed by atoms with Gasteiger partial charge in [0.2, 0.25) is 11.8 Å². The second-order valence-corrected chi connectivity index (χ2v) is 7.91. The maximum Gasteiger partial charge on any atom is 0.242 e. The van der Waals surface area contributed by atoms with Crippen molar-refractivity contribution in [1.29, 1.82) is 0 Å². The number of carbonyl (C=O) groups excluding carboxylic acids is 2. The monoisotopic (exact) mass is 424 g/mol. The van der Waals surface area contributed by atoms with E-state index < -0.39 is 6.04 Å². The summed E-state index contributed by atoms with van der Waals surface area (Å²) in [6.07, 6.45) is 0.308. The first-order chi connectivity index (χ1) is 12.9. The Morgan fingerprint density at radius 1 is 1.07 bits per heavy atom. The van der Waals surface area contributed by atoms with Gasteiger partial charge in [-0.2, -0.15) is 0 Å². The lowest BCUT2D eigenvalue weighted by molar-refractivity contribution is -0.140. The van der Waals surface area contributed by atoms with Crippen LogP contribution in [-0.4, -0.2) is 35.6 Å². The van der Waals surface area contributed by atoms with E-state index in [9.17, 15) is 9.59 Å². The second-order valence-electron chi connectivity index (χ2n) is 5.92. The highest BCUT2D eigenvalue weighted by Gasteiger charge is 2.26. The van der Waals surface area contributed by atoms with E-state index in [0.29, 0.717) is 27.8 Å². The van der Waals surface area contributed by atoms with Crippen molar-refractivity contribution >= 4 is 46.8 Å². The van der Waals surface area contributed by atoms with Crippen LogP contribution in [0, 0.1) is 0 Å². The standard InChI is InChI=1S/C20H22Cl2N2O2S/c1-14(20(26)23-2)24(13-16-17(21)9-6-10-18(16)22)19(25)11-12-27-15-7-4-3-5-8-15/h3-10,14H,11-13H2,1-2H3,(H,23,26)/t14-/m1/s1. The van der Waals surface area contributed by atoms with Crippen LogP contribution in [0.25, 0.3) is 0 Å². The average Bonchev–Trinajstić information content (AvgIpc) is 2.67. The minimum Gasteiger partial charge on any atom is -0.357 e. The fraction of sp³-hybridized carbons (Fsp3) is 0.300. The van der Waals surface area contributed by atoms with Gasteiger partial charge in [-0.25, -0.2) is 0 Å². The molecule has 2 amide bonds. The van der Waals surface area contributed by atoms with E-state index >= 15 is 0 Å². The number of rotatable bonds is 8. The van der Waals surface area contributed by atoms with E-state index in [1.165, 1.54) is 4.90 Å². The molecule has 0 unspecified atom stereocenters. The van der Waals surface area contributed by atoms with Crippen molar-refractivity contribution in [1.82, 2.24) is 10.2 Å². The highest BCUT2D eigenvalue weighted by molar-refractivity contribution is 7.99. The Morgan fingerprint density at radius 3 is 2.30 bits per heavy atom. The summed E-state index contributed by atoms with van der Waals surface area (Å²) >= 11 is 14.1. The van der Waals surface area contributed by atoms with E-state index in [2.05, 4.69) is 5.32 Å². The molecule has 0 saturated carbocycles. The Hall–Kier alpha value is -1.69. The van der Waals surface area contributed by atoms with Crippen LogP contribution in [0.5, 0.6) is 0 Å². The molecule has 0 aliphatic carbocycles. The third-order valence-electron chi connectivity index (χ3n) is 4.13. The number of carbonyl (C=O) groups is 2. The molecule has 0 aliphatic rings.